The number of rotatable bonds is 44. The molecular weight excluding hydrogens is 753 g/mol. The van der Waals surface area contributed by atoms with Gasteiger partial charge in [-0.25, -0.2) is 4.57 Å². The van der Waals surface area contributed by atoms with Crippen molar-refractivity contribution in [2.45, 2.75) is 212 Å². The van der Waals surface area contributed by atoms with Gasteiger partial charge in [0.25, 0.3) is 0 Å². The Balaban J connectivity index is 4.21. The average Bonchev–Trinajstić information content (AvgIpc) is 3.20. The van der Waals surface area contributed by atoms with Crippen LogP contribution in [-0.4, -0.2) is 60.5 Å². The van der Waals surface area contributed by atoms with Crippen molar-refractivity contribution in [2.24, 2.45) is 5.73 Å². The van der Waals surface area contributed by atoms with Crippen LogP contribution in [0.5, 0.6) is 0 Å². The Bertz CT molecular complexity index is 1110. The quantitative estimate of drug-likeness (QED) is 0.0234. The van der Waals surface area contributed by atoms with E-state index in [2.05, 4.69) is 62.5 Å². The fourth-order valence-electron chi connectivity index (χ4n) is 6.30. The molecule has 0 fully saturated rings. The molecule has 4 N–H and O–H groups in total. The summed E-state index contributed by atoms with van der Waals surface area (Å²) in [5.41, 5.74) is 5.36. The van der Waals surface area contributed by atoms with Crippen LogP contribution in [0.4, 0.5) is 0 Å². The number of hydrogen-bond donors (Lipinski definition) is 3. The van der Waals surface area contributed by atoms with Gasteiger partial charge in [-0.05, 0) is 51.4 Å². The first-order valence-electron chi connectivity index (χ1n) is 23.2. The number of carbonyl (C=O) groups excluding carboxylic acids is 1. The first kappa shape index (κ1) is 55.9. The fourth-order valence-corrected chi connectivity index (χ4v) is 7.08. The number of carboxylic acids is 1. The summed E-state index contributed by atoms with van der Waals surface area (Å²) in [6.07, 6.45) is 50.1. The van der Waals surface area contributed by atoms with Crippen molar-refractivity contribution in [2.75, 3.05) is 26.4 Å². The van der Waals surface area contributed by atoms with Gasteiger partial charge in [-0.15, -0.1) is 0 Å². The lowest BCUT2D eigenvalue weighted by Crippen LogP contribution is -2.34. The lowest BCUT2D eigenvalue weighted by molar-refractivity contribution is -0.154. The molecule has 0 rings (SSSR count). The summed E-state index contributed by atoms with van der Waals surface area (Å²) in [7, 11) is -4.62. The molecule has 3 atom stereocenters. The number of hydrogen-bond acceptors (Lipinski definition) is 8. The van der Waals surface area contributed by atoms with E-state index >= 15 is 0 Å². The Morgan fingerprint density at radius 3 is 1.50 bits per heavy atom. The number of ether oxygens (including phenoxy) is 2. The highest BCUT2D eigenvalue weighted by Crippen LogP contribution is 2.43. The number of carbonyl (C=O) groups is 2. The van der Waals surface area contributed by atoms with Crippen molar-refractivity contribution in [3.63, 3.8) is 0 Å². The standard InChI is InChI=1S/C47H86NO9P/c1-3-5-7-9-11-13-15-17-19-21-22-23-24-26-28-30-32-34-36-38-40-54-41-44(42-55-58(52,53)56-43-45(48)47(50)51)57-46(49)39-37-35-33-31-29-27-25-20-18-16-14-12-10-8-6-4-2/h5,7,11,13,17,19,22-23,44-45H,3-4,6,8-10,12,14-16,18,20-21,24-43,48H2,1-2H3,(H,50,51)(H,52,53)/b7-5-,13-11-,19-17-,23-22-. The summed E-state index contributed by atoms with van der Waals surface area (Å²) in [6.45, 7) is 3.76. The Hall–Kier alpha value is -2.07. The number of carboxylic acid groups (broad SMARTS) is 1. The zero-order valence-corrected chi connectivity index (χ0v) is 37.8. The van der Waals surface area contributed by atoms with Gasteiger partial charge in [-0.1, -0.05) is 191 Å². The van der Waals surface area contributed by atoms with E-state index in [4.69, 9.17) is 29.4 Å². The highest BCUT2D eigenvalue weighted by Gasteiger charge is 2.27. The lowest BCUT2D eigenvalue weighted by Gasteiger charge is -2.20. The summed E-state index contributed by atoms with van der Waals surface area (Å²) in [4.78, 5) is 33.6. The van der Waals surface area contributed by atoms with Crippen molar-refractivity contribution in [1.29, 1.82) is 0 Å². The zero-order chi connectivity index (χ0) is 42.6. The molecule has 11 heteroatoms. The summed E-state index contributed by atoms with van der Waals surface area (Å²) in [6, 6.07) is -1.48. The minimum absolute atomic E-state index is 0.0106. The maximum Gasteiger partial charge on any atom is 0.472 e. The molecule has 0 saturated carbocycles. The molecule has 338 valence electrons. The smallest absolute Gasteiger partial charge is 0.472 e. The predicted octanol–water partition coefficient (Wildman–Crippen LogP) is 13.0. The number of aliphatic carboxylic acids is 1. The van der Waals surface area contributed by atoms with Gasteiger partial charge in [0, 0.05) is 13.0 Å². The van der Waals surface area contributed by atoms with E-state index in [1.54, 1.807) is 0 Å². The summed E-state index contributed by atoms with van der Waals surface area (Å²) < 4.78 is 33.4. The number of phosphoric acid groups is 1. The van der Waals surface area contributed by atoms with Gasteiger partial charge in [0.2, 0.25) is 0 Å². The number of nitrogens with two attached hydrogens (primary N) is 1. The van der Waals surface area contributed by atoms with E-state index in [-0.39, 0.29) is 13.0 Å². The maximum absolute atomic E-state index is 12.7. The van der Waals surface area contributed by atoms with E-state index in [9.17, 15) is 19.0 Å². The topological polar surface area (TPSA) is 155 Å². The highest BCUT2D eigenvalue weighted by atomic mass is 31.2. The minimum atomic E-state index is -4.62. The van der Waals surface area contributed by atoms with Gasteiger partial charge in [0.05, 0.1) is 19.8 Å². The minimum Gasteiger partial charge on any atom is -0.480 e. The Morgan fingerprint density at radius 1 is 0.569 bits per heavy atom. The molecule has 0 aromatic carbocycles. The number of unbranched alkanes of at least 4 members (excludes halogenated alkanes) is 22. The van der Waals surface area contributed by atoms with Crippen molar-refractivity contribution < 1.29 is 42.7 Å². The van der Waals surface area contributed by atoms with Crippen LogP contribution in [0.3, 0.4) is 0 Å². The van der Waals surface area contributed by atoms with Crippen LogP contribution in [-0.2, 0) is 32.7 Å². The second-order valence-corrected chi connectivity index (χ2v) is 17.0. The van der Waals surface area contributed by atoms with Crippen LogP contribution < -0.4 is 5.73 Å². The van der Waals surface area contributed by atoms with E-state index in [0.29, 0.717) is 13.0 Å². The van der Waals surface area contributed by atoms with Crippen LogP contribution in [0.1, 0.15) is 200 Å². The number of esters is 1. The van der Waals surface area contributed by atoms with Crippen LogP contribution in [0.25, 0.3) is 0 Å². The van der Waals surface area contributed by atoms with Gasteiger partial charge in [-0.2, -0.15) is 0 Å². The summed E-state index contributed by atoms with van der Waals surface area (Å²) in [5, 5.41) is 8.91. The summed E-state index contributed by atoms with van der Waals surface area (Å²) in [5.74, 6) is -1.78. The van der Waals surface area contributed by atoms with Crippen molar-refractivity contribution >= 4 is 19.8 Å². The SMILES string of the molecule is CC/C=C\C/C=C\C/C=C\C/C=C\CCCCCCCCCOCC(COP(=O)(O)OCC(N)C(=O)O)OC(=O)CCCCCCCCCCCCCCCCCC. The molecule has 0 bridgehead atoms. The molecule has 0 aliphatic rings. The number of allylic oxidation sites excluding steroid dienone is 8. The Kier molecular flexibility index (Phi) is 41.5. The average molecular weight is 840 g/mol. The highest BCUT2D eigenvalue weighted by molar-refractivity contribution is 7.47. The molecule has 0 radical (unpaired) electrons. The third kappa shape index (κ3) is 42.1. The molecule has 3 unspecified atom stereocenters. The monoisotopic (exact) mass is 840 g/mol. The lowest BCUT2D eigenvalue weighted by atomic mass is 10.0. The molecule has 58 heavy (non-hydrogen) atoms. The Labute approximate surface area is 354 Å². The normalized spacial score (nSPS) is 14.3. The van der Waals surface area contributed by atoms with Crippen molar-refractivity contribution in [3.8, 4) is 0 Å². The molecular formula is C47H86NO9P. The maximum atomic E-state index is 12.7. The van der Waals surface area contributed by atoms with Gasteiger partial charge in [0.1, 0.15) is 12.1 Å². The Morgan fingerprint density at radius 2 is 1.00 bits per heavy atom. The third-order valence-electron chi connectivity index (χ3n) is 9.87. The van der Waals surface area contributed by atoms with Gasteiger partial charge in [0.15, 0.2) is 0 Å². The molecule has 0 aromatic rings. The third-order valence-corrected chi connectivity index (χ3v) is 10.8. The largest absolute Gasteiger partial charge is 0.480 e. The molecule has 0 aromatic heterocycles. The molecule has 0 amide bonds. The number of phosphoric ester groups is 1. The van der Waals surface area contributed by atoms with Crippen LogP contribution in [0.2, 0.25) is 0 Å². The molecule has 0 aliphatic heterocycles. The van der Waals surface area contributed by atoms with Gasteiger partial charge < -0.3 is 25.2 Å². The predicted molar refractivity (Wildman–Crippen MR) is 240 cm³/mol. The zero-order valence-electron chi connectivity index (χ0n) is 36.9. The first-order chi connectivity index (χ1) is 28.2. The van der Waals surface area contributed by atoms with E-state index in [0.717, 1.165) is 64.2 Å². The summed E-state index contributed by atoms with van der Waals surface area (Å²) >= 11 is 0. The molecule has 0 heterocycles. The van der Waals surface area contributed by atoms with E-state index < -0.39 is 45.1 Å². The fraction of sp³-hybridized carbons (Fsp3) is 0.787. The molecule has 0 aliphatic carbocycles. The van der Waals surface area contributed by atoms with E-state index in [1.807, 2.05) is 0 Å². The molecule has 0 spiro atoms. The first-order valence-corrected chi connectivity index (χ1v) is 24.7. The van der Waals surface area contributed by atoms with Crippen LogP contribution in [0.15, 0.2) is 48.6 Å². The second-order valence-electron chi connectivity index (χ2n) is 15.5. The van der Waals surface area contributed by atoms with Crippen LogP contribution in [0, 0.1) is 0 Å². The second kappa shape index (κ2) is 43.0. The van der Waals surface area contributed by atoms with Crippen molar-refractivity contribution in [3.05, 3.63) is 48.6 Å². The molecule has 0 saturated heterocycles. The van der Waals surface area contributed by atoms with Gasteiger partial charge >= 0.3 is 19.8 Å². The van der Waals surface area contributed by atoms with Gasteiger partial charge in [-0.3, -0.25) is 18.6 Å². The van der Waals surface area contributed by atoms with Crippen molar-refractivity contribution in [1.82, 2.24) is 0 Å². The van der Waals surface area contributed by atoms with Crippen LogP contribution >= 0.6 is 7.82 Å². The molecule has 10 nitrogen and oxygen atoms in total. The van der Waals surface area contributed by atoms with E-state index in [1.165, 1.54) is 109 Å².